The molecule has 2 aliphatic heterocycles. The summed E-state index contributed by atoms with van der Waals surface area (Å²) in [6, 6.07) is 6.67. The fraction of sp³-hybridized carbons (Fsp3) is 0.556. The van der Waals surface area contributed by atoms with Gasteiger partial charge in [-0.15, -0.1) is 0 Å². The highest BCUT2D eigenvalue weighted by Crippen LogP contribution is 2.40. The second-order valence-electron chi connectivity index (χ2n) is 9.58. The van der Waals surface area contributed by atoms with Crippen molar-refractivity contribution in [2.24, 2.45) is 11.8 Å². The van der Waals surface area contributed by atoms with Crippen molar-refractivity contribution in [1.29, 1.82) is 0 Å². The molecule has 0 aromatic heterocycles. The van der Waals surface area contributed by atoms with Gasteiger partial charge in [-0.1, -0.05) is 42.9 Å². The van der Waals surface area contributed by atoms with E-state index in [0.717, 1.165) is 31.6 Å². The highest BCUT2D eigenvalue weighted by molar-refractivity contribution is 5.46. The van der Waals surface area contributed by atoms with E-state index in [0.29, 0.717) is 18.8 Å². The highest BCUT2D eigenvalue weighted by atomic mass is 16.5. The minimum absolute atomic E-state index is 0.0384. The number of rotatable bonds is 5. The zero-order valence-corrected chi connectivity index (χ0v) is 18.2. The molecular formula is C27H34O4. The molecule has 166 valence electrons. The zero-order chi connectivity index (χ0) is 21.2. The molecule has 1 aromatic rings. The minimum Gasteiger partial charge on any atom is -0.493 e. The molecule has 1 saturated heterocycles. The summed E-state index contributed by atoms with van der Waals surface area (Å²) in [7, 11) is 0. The Hall–Kier alpha value is -1.88. The van der Waals surface area contributed by atoms with E-state index in [-0.39, 0.29) is 24.7 Å². The third-order valence-corrected chi connectivity index (χ3v) is 7.33. The topological polar surface area (TPSA) is 58.9 Å². The first-order valence-electron chi connectivity index (χ1n) is 12.0. The van der Waals surface area contributed by atoms with Crippen molar-refractivity contribution in [1.82, 2.24) is 0 Å². The number of fused-ring (bicyclic) bond motifs is 1. The van der Waals surface area contributed by atoms with Crippen molar-refractivity contribution in [3.05, 3.63) is 64.8 Å². The first-order valence-corrected chi connectivity index (χ1v) is 12.0. The molecule has 4 heteroatoms. The van der Waals surface area contributed by atoms with Crippen molar-refractivity contribution in [3.63, 3.8) is 0 Å². The number of ether oxygens (including phenoxy) is 2. The molecule has 4 aliphatic rings. The van der Waals surface area contributed by atoms with Gasteiger partial charge in [0.15, 0.2) is 0 Å². The van der Waals surface area contributed by atoms with Gasteiger partial charge in [-0.05, 0) is 66.4 Å². The van der Waals surface area contributed by atoms with Crippen LogP contribution in [0.3, 0.4) is 0 Å². The smallest absolute Gasteiger partial charge is 0.122 e. The molecule has 1 aromatic carbocycles. The Morgan fingerprint density at radius 3 is 2.81 bits per heavy atom. The lowest BCUT2D eigenvalue weighted by molar-refractivity contribution is -0.119. The molecule has 5 rings (SSSR count). The van der Waals surface area contributed by atoms with Crippen LogP contribution in [0.15, 0.2) is 53.6 Å². The van der Waals surface area contributed by atoms with Crippen molar-refractivity contribution >= 4 is 0 Å². The monoisotopic (exact) mass is 422 g/mol. The van der Waals surface area contributed by atoms with Gasteiger partial charge in [-0.25, -0.2) is 0 Å². The van der Waals surface area contributed by atoms with Crippen LogP contribution < -0.4 is 4.74 Å². The van der Waals surface area contributed by atoms with Gasteiger partial charge in [0.05, 0.1) is 31.5 Å². The maximum atomic E-state index is 10.3. The molecule has 4 atom stereocenters. The Labute approximate surface area is 185 Å². The van der Waals surface area contributed by atoms with Crippen LogP contribution in [0.5, 0.6) is 5.75 Å². The van der Waals surface area contributed by atoms with Crippen molar-refractivity contribution in [3.8, 4) is 5.75 Å². The summed E-state index contributed by atoms with van der Waals surface area (Å²) in [6.07, 6.45) is 16.4. The fourth-order valence-corrected chi connectivity index (χ4v) is 5.42. The van der Waals surface area contributed by atoms with Crippen LogP contribution in [-0.4, -0.2) is 41.7 Å². The standard InChI is InChI=1S/C27H34O4/c28-17-24-15-23(29)16-27(31-24)21-6-2-8-25(19-4-1-5-19)22(14-21)13-18-9-10-26-20(12-18)7-3-11-30-26/h2,6,8-10,12,14,19,21,23-24,27-29H,1,3-5,7,11,13,15-17H2. The van der Waals surface area contributed by atoms with E-state index in [1.165, 1.54) is 41.5 Å². The van der Waals surface area contributed by atoms with Crippen LogP contribution in [0.1, 0.15) is 49.7 Å². The Bertz CT molecular complexity index is 879. The van der Waals surface area contributed by atoms with Crippen molar-refractivity contribution in [2.45, 2.75) is 69.7 Å². The van der Waals surface area contributed by atoms with Crippen molar-refractivity contribution in [2.75, 3.05) is 13.2 Å². The summed E-state index contributed by atoms with van der Waals surface area (Å²) < 4.78 is 12.0. The van der Waals surface area contributed by atoms with Gasteiger partial charge in [0.1, 0.15) is 5.75 Å². The average Bonchev–Trinajstić information content (AvgIpc) is 2.95. The van der Waals surface area contributed by atoms with E-state index in [1.807, 2.05) is 0 Å². The number of aliphatic hydroxyl groups excluding tert-OH is 2. The van der Waals surface area contributed by atoms with Gasteiger partial charge >= 0.3 is 0 Å². The lowest BCUT2D eigenvalue weighted by atomic mass is 9.75. The minimum atomic E-state index is -0.413. The second kappa shape index (κ2) is 9.32. The predicted molar refractivity (Wildman–Crippen MR) is 121 cm³/mol. The molecule has 1 saturated carbocycles. The maximum absolute atomic E-state index is 10.3. The molecule has 0 spiro atoms. The molecule has 31 heavy (non-hydrogen) atoms. The van der Waals surface area contributed by atoms with E-state index < -0.39 is 6.10 Å². The number of benzene rings is 1. The molecule has 2 heterocycles. The maximum Gasteiger partial charge on any atom is 0.122 e. The summed E-state index contributed by atoms with van der Waals surface area (Å²) >= 11 is 0. The van der Waals surface area contributed by atoms with Gasteiger partial charge in [-0.3, -0.25) is 0 Å². The van der Waals surface area contributed by atoms with Gasteiger partial charge in [0.25, 0.3) is 0 Å². The molecule has 4 nitrogen and oxygen atoms in total. The van der Waals surface area contributed by atoms with Gasteiger partial charge in [0, 0.05) is 18.8 Å². The van der Waals surface area contributed by atoms with Crippen LogP contribution >= 0.6 is 0 Å². The first-order chi connectivity index (χ1) is 15.2. The van der Waals surface area contributed by atoms with Crippen LogP contribution in [0.4, 0.5) is 0 Å². The lowest BCUT2D eigenvalue weighted by Gasteiger charge is -2.35. The van der Waals surface area contributed by atoms with Crippen LogP contribution in [0, 0.1) is 11.8 Å². The number of hydrogen-bond donors (Lipinski definition) is 2. The number of allylic oxidation sites excluding steroid dienone is 4. The van der Waals surface area contributed by atoms with E-state index in [4.69, 9.17) is 9.47 Å². The Kier molecular flexibility index (Phi) is 6.31. The van der Waals surface area contributed by atoms with Crippen LogP contribution in [0.25, 0.3) is 0 Å². The van der Waals surface area contributed by atoms with Crippen molar-refractivity contribution < 1.29 is 19.7 Å². The van der Waals surface area contributed by atoms with E-state index >= 15 is 0 Å². The molecule has 2 N–H and O–H groups in total. The normalized spacial score (nSPS) is 31.0. The van der Waals surface area contributed by atoms with E-state index in [2.05, 4.69) is 42.5 Å². The first kappa shape index (κ1) is 21.0. The predicted octanol–water partition coefficient (Wildman–Crippen LogP) is 4.29. The van der Waals surface area contributed by atoms with Gasteiger partial charge in [-0.2, -0.15) is 0 Å². The van der Waals surface area contributed by atoms with Crippen LogP contribution in [-0.2, 0) is 17.6 Å². The summed E-state index contributed by atoms with van der Waals surface area (Å²) in [5.74, 6) is 1.80. The molecule has 2 aliphatic carbocycles. The van der Waals surface area contributed by atoms with Crippen LogP contribution in [0.2, 0.25) is 0 Å². The molecule has 0 amide bonds. The fourth-order valence-electron chi connectivity index (χ4n) is 5.42. The number of hydrogen-bond acceptors (Lipinski definition) is 4. The molecule has 0 radical (unpaired) electrons. The highest BCUT2D eigenvalue weighted by Gasteiger charge is 2.33. The van der Waals surface area contributed by atoms with Gasteiger partial charge in [0.2, 0.25) is 0 Å². The molecule has 0 bridgehead atoms. The summed E-state index contributed by atoms with van der Waals surface area (Å²) in [6.45, 7) is 0.783. The van der Waals surface area contributed by atoms with Gasteiger partial charge < -0.3 is 19.7 Å². The molecule has 4 unspecified atom stereocenters. The molecular weight excluding hydrogens is 388 g/mol. The average molecular weight is 423 g/mol. The lowest BCUT2D eigenvalue weighted by Crippen LogP contribution is -2.40. The largest absolute Gasteiger partial charge is 0.493 e. The quantitative estimate of drug-likeness (QED) is 0.743. The third kappa shape index (κ3) is 4.67. The summed E-state index contributed by atoms with van der Waals surface area (Å²) in [5, 5.41) is 19.9. The SMILES string of the molecule is OCC1CC(O)CC(C2C=CC=C(C3CCC3)C(Cc3ccc4c(c3)CCCO4)=C2)O1. The summed E-state index contributed by atoms with van der Waals surface area (Å²) in [5.41, 5.74) is 5.51. The Morgan fingerprint density at radius 1 is 1.10 bits per heavy atom. The number of aryl methyl sites for hydroxylation is 1. The van der Waals surface area contributed by atoms with E-state index in [1.54, 1.807) is 0 Å². The molecule has 2 fully saturated rings. The number of aliphatic hydroxyl groups is 2. The van der Waals surface area contributed by atoms with E-state index in [9.17, 15) is 10.2 Å². The Balaban J connectivity index is 1.42. The summed E-state index contributed by atoms with van der Waals surface area (Å²) in [4.78, 5) is 0. The second-order valence-corrected chi connectivity index (χ2v) is 9.58. The Morgan fingerprint density at radius 2 is 2.00 bits per heavy atom. The third-order valence-electron chi connectivity index (χ3n) is 7.33. The zero-order valence-electron chi connectivity index (χ0n) is 18.2.